The van der Waals surface area contributed by atoms with Gasteiger partial charge in [-0.2, -0.15) is 0 Å². The molecular formula is C15H21NO4S. The number of amides is 1. The number of hydrogen-bond acceptors (Lipinski definition) is 4. The second kappa shape index (κ2) is 6.93. The van der Waals surface area contributed by atoms with Gasteiger partial charge in [0.1, 0.15) is 5.75 Å². The van der Waals surface area contributed by atoms with Crippen LogP contribution in [0.5, 0.6) is 5.75 Å². The van der Waals surface area contributed by atoms with Gasteiger partial charge < -0.3 is 10.1 Å². The molecule has 6 heteroatoms. The van der Waals surface area contributed by atoms with Crippen LogP contribution in [0.1, 0.15) is 26.2 Å². The predicted octanol–water partition coefficient (Wildman–Crippen LogP) is 2.24. The third kappa shape index (κ3) is 5.04. The average Bonchev–Trinajstić information content (AvgIpc) is 2.77. The van der Waals surface area contributed by atoms with Crippen LogP contribution in [0.2, 0.25) is 0 Å². The first-order valence-corrected chi connectivity index (χ1v) is 9.04. The Labute approximate surface area is 125 Å². The molecule has 0 aromatic heterocycles. The minimum atomic E-state index is -2.92. The monoisotopic (exact) mass is 311 g/mol. The van der Waals surface area contributed by atoms with Crippen molar-refractivity contribution < 1.29 is 17.9 Å². The Bertz CT molecular complexity index is 580. The van der Waals surface area contributed by atoms with Crippen LogP contribution in [0.15, 0.2) is 24.3 Å². The van der Waals surface area contributed by atoms with E-state index in [1.165, 1.54) is 0 Å². The summed E-state index contributed by atoms with van der Waals surface area (Å²) in [6, 6.07) is 7.19. The first-order valence-electron chi connectivity index (χ1n) is 7.21. The first kappa shape index (κ1) is 15.8. The Morgan fingerprint density at radius 2 is 2.05 bits per heavy atom. The van der Waals surface area contributed by atoms with Gasteiger partial charge in [-0.15, -0.1) is 0 Å². The summed E-state index contributed by atoms with van der Waals surface area (Å²) in [5.74, 6) is 0.914. The van der Waals surface area contributed by atoms with E-state index >= 15 is 0 Å². The van der Waals surface area contributed by atoms with Crippen molar-refractivity contribution >= 4 is 21.4 Å². The van der Waals surface area contributed by atoms with Crippen LogP contribution in [-0.2, 0) is 14.6 Å². The van der Waals surface area contributed by atoms with Crippen molar-refractivity contribution in [2.24, 2.45) is 5.92 Å². The number of rotatable bonds is 6. The Hall–Kier alpha value is -1.56. The molecule has 1 aromatic carbocycles. The molecule has 2 rings (SSSR count). The predicted molar refractivity (Wildman–Crippen MR) is 82.2 cm³/mol. The van der Waals surface area contributed by atoms with E-state index in [9.17, 15) is 13.2 Å². The Kier molecular flexibility index (Phi) is 5.22. The molecule has 1 fully saturated rings. The van der Waals surface area contributed by atoms with Crippen molar-refractivity contribution in [2.75, 3.05) is 23.4 Å². The van der Waals surface area contributed by atoms with Crippen molar-refractivity contribution in [3.05, 3.63) is 24.3 Å². The van der Waals surface area contributed by atoms with Gasteiger partial charge in [-0.3, -0.25) is 4.79 Å². The topological polar surface area (TPSA) is 72.5 Å². The van der Waals surface area contributed by atoms with Gasteiger partial charge in [-0.05, 0) is 43.0 Å². The van der Waals surface area contributed by atoms with E-state index in [1.807, 2.05) is 19.1 Å². The van der Waals surface area contributed by atoms with Crippen molar-refractivity contribution in [2.45, 2.75) is 26.2 Å². The molecule has 21 heavy (non-hydrogen) atoms. The SMILES string of the molecule is CCCOc1ccc(NC(=O)C[C@@H]2CCS(=O)(=O)C2)cc1. The van der Waals surface area contributed by atoms with Gasteiger partial charge in [-0.1, -0.05) is 6.92 Å². The van der Waals surface area contributed by atoms with Crippen LogP contribution in [0, 0.1) is 5.92 Å². The molecule has 1 aliphatic heterocycles. The molecule has 0 saturated carbocycles. The summed E-state index contributed by atoms with van der Waals surface area (Å²) >= 11 is 0. The third-order valence-corrected chi connectivity index (χ3v) is 5.25. The maximum atomic E-state index is 11.9. The third-order valence-electron chi connectivity index (χ3n) is 3.41. The minimum Gasteiger partial charge on any atom is -0.494 e. The van der Waals surface area contributed by atoms with Gasteiger partial charge >= 0.3 is 0 Å². The molecular weight excluding hydrogens is 290 g/mol. The van der Waals surface area contributed by atoms with Crippen molar-refractivity contribution in [1.29, 1.82) is 0 Å². The van der Waals surface area contributed by atoms with E-state index in [0.29, 0.717) is 18.7 Å². The molecule has 116 valence electrons. The summed E-state index contributed by atoms with van der Waals surface area (Å²) in [5.41, 5.74) is 0.699. The molecule has 0 radical (unpaired) electrons. The largest absolute Gasteiger partial charge is 0.494 e. The zero-order valence-corrected chi connectivity index (χ0v) is 13.0. The van der Waals surface area contributed by atoms with Crippen LogP contribution < -0.4 is 10.1 Å². The zero-order valence-electron chi connectivity index (χ0n) is 12.2. The lowest BCUT2D eigenvalue weighted by atomic mass is 10.1. The molecule has 1 aliphatic rings. The molecule has 1 saturated heterocycles. The molecule has 0 spiro atoms. The van der Waals surface area contributed by atoms with Gasteiger partial charge in [0, 0.05) is 12.1 Å². The normalized spacial score (nSPS) is 20.1. The Morgan fingerprint density at radius 3 is 2.62 bits per heavy atom. The maximum Gasteiger partial charge on any atom is 0.224 e. The summed E-state index contributed by atoms with van der Waals surface area (Å²) in [5, 5.41) is 2.79. The van der Waals surface area contributed by atoms with Gasteiger partial charge in [-0.25, -0.2) is 8.42 Å². The number of nitrogens with one attached hydrogen (secondary N) is 1. The summed E-state index contributed by atoms with van der Waals surface area (Å²) in [7, 11) is -2.92. The lowest BCUT2D eigenvalue weighted by molar-refractivity contribution is -0.116. The smallest absolute Gasteiger partial charge is 0.224 e. The van der Waals surface area contributed by atoms with Gasteiger partial charge in [0.05, 0.1) is 18.1 Å². The van der Waals surface area contributed by atoms with Crippen LogP contribution in [0.4, 0.5) is 5.69 Å². The maximum absolute atomic E-state index is 11.9. The van der Waals surface area contributed by atoms with E-state index in [-0.39, 0.29) is 29.8 Å². The summed E-state index contributed by atoms with van der Waals surface area (Å²) < 4.78 is 28.2. The average molecular weight is 311 g/mol. The van der Waals surface area contributed by atoms with Crippen molar-refractivity contribution in [3.63, 3.8) is 0 Å². The molecule has 1 aromatic rings. The highest BCUT2D eigenvalue weighted by molar-refractivity contribution is 7.91. The van der Waals surface area contributed by atoms with Crippen LogP contribution in [-0.4, -0.2) is 32.4 Å². The fourth-order valence-corrected chi connectivity index (χ4v) is 4.22. The number of carbonyl (C=O) groups is 1. The van der Waals surface area contributed by atoms with E-state index in [2.05, 4.69) is 5.32 Å². The zero-order chi connectivity index (χ0) is 15.3. The van der Waals surface area contributed by atoms with E-state index in [1.54, 1.807) is 12.1 Å². The molecule has 0 bridgehead atoms. The number of ether oxygens (including phenoxy) is 1. The van der Waals surface area contributed by atoms with Crippen LogP contribution in [0.3, 0.4) is 0 Å². The fourth-order valence-electron chi connectivity index (χ4n) is 2.36. The standard InChI is InChI=1S/C15H21NO4S/c1-2-8-20-14-5-3-13(4-6-14)16-15(17)10-12-7-9-21(18,19)11-12/h3-6,12H,2,7-11H2,1H3,(H,16,17)/t12-/m0/s1. The van der Waals surface area contributed by atoms with Crippen molar-refractivity contribution in [3.8, 4) is 5.75 Å². The second-order valence-corrected chi connectivity index (χ2v) is 7.62. The summed E-state index contributed by atoms with van der Waals surface area (Å²) in [4.78, 5) is 11.9. The number of hydrogen-bond donors (Lipinski definition) is 1. The number of anilines is 1. The fraction of sp³-hybridized carbons (Fsp3) is 0.533. The van der Waals surface area contributed by atoms with Crippen molar-refractivity contribution in [1.82, 2.24) is 0 Å². The summed E-state index contributed by atoms with van der Waals surface area (Å²) in [6.45, 7) is 2.71. The molecule has 1 amide bonds. The van der Waals surface area contributed by atoms with E-state index < -0.39 is 9.84 Å². The van der Waals surface area contributed by atoms with E-state index in [4.69, 9.17) is 4.74 Å². The number of carbonyl (C=O) groups excluding carboxylic acids is 1. The molecule has 5 nitrogen and oxygen atoms in total. The highest BCUT2D eigenvalue weighted by Crippen LogP contribution is 2.22. The molecule has 1 atom stereocenters. The van der Waals surface area contributed by atoms with Gasteiger partial charge in [0.2, 0.25) is 5.91 Å². The quantitative estimate of drug-likeness (QED) is 0.874. The lowest BCUT2D eigenvalue weighted by Gasteiger charge is -2.10. The molecule has 0 unspecified atom stereocenters. The summed E-state index contributed by atoms with van der Waals surface area (Å²) in [6.07, 6.45) is 1.79. The van der Waals surface area contributed by atoms with Crippen LogP contribution in [0.25, 0.3) is 0 Å². The van der Waals surface area contributed by atoms with Gasteiger partial charge in [0.25, 0.3) is 0 Å². The molecule has 0 aliphatic carbocycles. The second-order valence-electron chi connectivity index (χ2n) is 5.39. The van der Waals surface area contributed by atoms with Gasteiger partial charge in [0.15, 0.2) is 9.84 Å². The van der Waals surface area contributed by atoms with E-state index in [0.717, 1.165) is 12.2 Å². The van der Waals surface area contributed by atoms with Crippen LogP contribution >= 0.6 is 0 Å². The molecule has 1 heterocycles. The Morgan fingerprint density at radius 1 is 1.33 bits per heavy atom. The lowest BCUT2D eigenvalue weighted by Crippen LogP contribution is -2.17. The minimum absolute atomic E-state index is 0.0536. The molecule has 1 N–H and O–H groups in total. The first-order chi connectivity index (χ1) is 9.98. The highest BCUT2D eigenvalue weighted by Gasteiger charge is 2.29. The number of sulfone groups is 1. The highest BCUT2D eigenvalue weighted by atomic mass is 32.2. The number of benzene rings is 1. The Balaban J connectivity index is 1.82.